The first-order valence-electron chi connectivity index (χ1n) is 10.9. The number of ether oxygens (including phenoxy) is 1. The zero-order chi connectivity index (χ0) is 23.3. The Hall–Kier alpha value is -4.22. The van der Waals surface area contributed by atoms with E-state index < -0.39 is 0 Å². The van der Waals surface area contributed by atoms with Crippen molar-refractivity contribution in [1.82, 2.24) is 10.4 Å². The average Bonchev–Trinajstić information content (AvgIpc) is 3.34. The van der Waals surface area contributed by atoms with Crippen LogP contribution in [0.3, 0.4) is 0 Å². The maximum atomic E-state index is 13.1. The molecule has 1 heterocycles. The van der Waals surface area contributed by atoms with Gasteiger partial charge in [0.2, 0.25) is 0 Å². The molecule has 0 aliphatic carbocycles. The lowest BCUT2D eigenvalue weighted by Gasteiger charge is -2.19. The fourth-order valence-electron chi connectivity index (χ4n) is 3.76. The molecule has 1 aliphatic heterocycles. The normalized spacial score (nSPS) is 12.9. The summed E-state index contributed by atoms with van der Waals surface area (Å²) in [5.74, 6) is 1.36. The van der Waals surface area contributed by atoms with Gasteiger partial charge in [0.1, 0.15) is 11.5 Å². The fraction of sp³-hybridized carbons (Fsp3) is 0.0357. The highest BCUT2D eigenvalue weighted by molar-refractivity contribution is 6.30. The second kappa shape index (κ2) is 9.73. The van der Waals surface area contributed by atoms with Crippen LogP contribution in [0, 0.1) is 0 Å². The third-order valence-corrected chi connectivity index (χ3v) is 5.70. The van der Waals surface area contributed by atoms with Crippen molar-refractivity contribution in [3.05, 3.63) is 125 Å². The summed E-state index contributed by atoms with van der Waals surface area (Å²) in [6.07, 6.45) is 0. The molecule has 0 radical (unpaired) electrons. The Kier molecular flexibility index (Phi) is 6.19. The first-order valence-corrected chi connectivity index (χ1v) is 11.3. The van der Waals surface area contributed by atoms with Gasteiger partial charge in [-0.3, -0.25) is 5.43 Å². The molecule has 0 saturated heterocycles. The molecule has 6 heteroatoms. The number of urea groups is 1. The maximum absolute atomic E-state index is 13.1. The molecule has 0 spiro atoms. The molecule has 0 aromatic heterocycles. The summed E-state index contributed by atoms with van der Waals surface area (Å²) in [7, 11) is 0. The highest BCUT2D eigenvalue weighted by Gasteiger charge is 2.27. The van der Waals surface area contributed by atoms with E-state index in [1.54, 1.807) is 29.3 Å². The Bertz CT molecular complexity index is 1250. The molecule has 0 unspecified atom stereocenters. The first kappa shape index (κ1) is 21.6. The van der Waals surface area contributed by atoms with Crippen LogP contribution in [0.5, 0.6) is 11.5 Å². The Balaban J connectivity index is 1.28. The van der Waals surface area contributed by atoms with Crippen molar-refractivity contribution < 1.29 is 9.53 Å². The van der Waals surface area contributed by atoms with Gasteiger partial charge in [-0.1, -0.05) is 72.3 Å². The summed E-state index contributed by atoms with van der Waals surface area (Å²) in [6, 6.07) is 34.3. The molecular formula is C28H22ClN3O2. The molecule has 168 valence electrons. The number of carbonyl (C=O) groups excluding carboxylic acids is 1. The van der Waals surface area contributed by atoms with E-state index in [1.807, 2.05) is 72.8 Å². The molecule has 34 heavy (non-hydrogen) atoms. The van der Waals surface area contributed by atoms with E-state index in [2.05, 4.69) is 22.9 Å². The molecule has 0 saturated carbocycles. The molecule has 5 rings (SSSR count). The third kappa shape index (κ3) is 4.90. The number of nitrogens with one attached hydrogen (secondary N) is 2. The van der Waals surface area contributed by atoms with Gasteiger partial charge in [0.25, 0.3) is 0 Å². The van der Waals surface area contributed by atoms with Crippen LogP contribution in [0.15, 0.2) is 109 Å². The number of hydrogen-bond donors (Lipinski definition) is 2. The van der Waals surface area contributed by atoms with Crippen molar-refractivity contribution in [2.75, 3.05) is 11.9 Å². The monoisotopic (exact) mass is 467 g/mol. The number of hydrazine groups is 1. The van der Waals surface area contributed by atoms with Crippen LogP contribution in [0.1, 0.15) is 11.1 Å². The quantitative estimate of drug-likeness (QED) is 0.330. The highest BCUT2D eigenvalue weighted by Crippen LogP contribution is 2.30. The number of nitrogens with zero attached hydrogens (tertiary/aromatic N) is 1. The summed E-state index contributed by atoms with van der Waals surface area (Å²) < 4.78 is 5.82. The number of rotatable bonds is 5. The third-order valence-electron chi connectivity index (χ3n) is 5.45. The van der Waals surface area contributed by atoms with Crippen LogP contribution in [0.25, 0.3) is 11.3 Å². The molecule has 5 nitrogen and oxygen atoms in total. The van der Waals surface area contributed by atoms with Gasteiger partial charge in [0, 0.05) is 16.3 Å². The highest BCUT2D eigenvalue weighted by atomic mass is 35.5. The van der Waals surface area contributed by atoms with Crippen LogP contribution in [0.2, 0.25) is 5.02 Å². The standard InChI is InChI=1S/C28H22ClN3O2/c29-22-11-15-24(16-12-22)34-25-17-13-23(14-18-25)30-28(33)32-19-26(20-7-3-1-4-8-20)27(31-32)21-9-5-2-6-10-21/h1-18,31H,19H2,(H,30,33). The van der Waals surface area contributed by atoms with Crippen molar-refractivity contribution in [2.24, 2.45) is 0 Å². The van der Waals surface area contributed by atoms with E-state index in [1.165, 1.54) is 0 Å². The molecule has 4 aromatic carbocycles. The van der Waals surface area contributed by atoms with Crippen LogP contribution in [0.4, 0.5) is 10.5 Å². The van der Waals surface area contributed by atoms with E-state index in [9.17, 15) is 4.79 Å². The predicted molar refractivity (Wildman–Crippen MR) is 137 cm³/mol. The topological polar surface area (TPSA) is 53.6 Å². The minimum Gasteiger partial charge on any atom is -0.457 e. The molecule has 0 fully saturated rings. The van der Waals surface area contributed by atoms with E-state index in [0.29, 0.717) is 28.8 Å². The van der Waals surface area contributed by atoms with Crippen molar-refractivity contribution in [2.45, 2.75) is 0 Å². The lowest BCUT2D eigenvalue weighted by molar-refractivity contribution is 0.210. The Morgan fingerprint density at radius 2 is 1.32 bits per heavy atom. The summed E-state index contributed by atoms with van der Waals surface area (Å²) >= 11 is 5.92. The first-order chi connectivity index (χ1) is 16.7. The van der Waals surface area contributed by atoms with Crippen LogP contribution in [-0.2, 0) is 0 Å². The SMILES string of the molecule is O=C(Nc1ccc(Oc2ccc(Cl)cc2)cc1)N1CC(c2ccccc2)=C(c2ccccc2)N1. The van der Waals surface area contributed by atoms with Crippen molar-refractivity contribution in [1.29, 1.82) is 0 Å². The van der Waals surface area contributed by atoms with Crippen molar-refractivity contribution in [3.8, 4) is 11.5 Å². The minimum absolute atomic E-state index is 0.245. The molecule has 4 aromatic rings. The van der Waals surface area contributed by atoms with Crippen molar-refractivity contribution >= 4 is 34.6 Å². The van der Waals surface area contributed by atoms with Gasteiger partial charge in [-0.25, -0.2) is 9.80 Å². The van der Waals surface area contributed by atoms with Gasteiger partial charge in [-0.15, -0.1) is 0 Å². The number of hydrogen-bond acceptors (Lipinski definition) is 3. The van der Waals surface area contributed by atoms with E-state index in [-0.39, 0.29) is 6.03 Å². The second-order valence-corrected chi connectivity index (χ2v) is 8.23. The average molecular weight is 468 g/mol. The molecule has 0 bridgehead atoms. The number of carbonyl (C=O) groups is 1. The van der Waals surface area contributed by atoms with Crippen LogP contribution >= 0.6 is 11.6 Å². The zero-order valence-corrected chi connectivity index (χ0v) is 19.0. The van der Waals surface area contributed by atoms with E-state index in [4.69, 9.17) is 16.3 Å². The maximum Gasteiger partial charge on any atom is 0.340 e. The Labute approximate surface area is 203 Å². The lowest BCUT2D eigenvalue weighted by atomic mass is 10.0. The van der Waals surface area contributed by atoms with Crippen LogP contribution < -0.4 is 15.5 Å². The summed E-state index contributed by atoms with van der Waals surface area (Å²) in [5, 5.41) is 5.19. The van der Waals surface area contributed by atoms with Gasteiger partial charge in [0.15, 0.2) is 0 Å². The van der Waals surface area contributed by atoms with Gasteiger partial charge >= 0.3 is 6.03 Å². The second-order valence-electron chi connectivity index (χ2n) is 7.79. The number of halogens is 1. The van der Waals surface area contributed by atoms with E-state index in [0.717, 1.165) is 22.4 Å². The van der Waals surface area contributed by atoms with Gasteiger partial charge in [-0.2, -0.15) is 0 Å². The molecular weight excluding hydrogens is 446 g/mol. The largest absolute Gasteiger partial charge is 0.457 e. The Morgan fingerprint density at radius 1 is 0.765 bits per heavy atom. The van der Waals surface area contributed by atoms with Crippen LogP contribution in [-0.4, -0.2) is 17.6 Å². The van der Waals surface area contributed by atoms with Gasteiger partial charge in [-0.05, 0) is 59.7 Å². The molecule has 1 aliphatic rings. The van der Waals surface area contributed by atoms with Gasteiger partial charge < -0.3 is 10.1 Å². The predicted octanol–water partition coefficient (Wildman–Crippen LogP) is 7.05. The number of amides is 2. The fourth-order valence-corrected chi connectivity index (χ4v) is 3.88. The smallest absolute Gasteiger partial charge is 0.340 e. The molecule has 2 amide bonds. The summed E-state index contributed by atoms with van der Waals surface area (Å²) in [6.45, 7) is 0.442. The molecule has 2 N–H and O–H groups in total. The Morgan fingerprint density at radius 3 is 1.94 bits per heavy atom. The number of anilines is 1. The van der Waals surface area contributed by atoms with Gasteiger partial charge in [0.05, 0.1) is 12.2 Å². The molecule has 0 atom stereocenters. The zero-order valence-electron chi connectivity index (χ0n) is 18.2. The minimum atomic E-state index is -0.245. The van der Waals surface area contributed by atoms with E-state index >= 15 is 0 Å². The van der Waals surface area contributed by atoms with Crippen molar-refractivity contribution in [3.63, 3.8) is 0 Å². The summed E-state index contributed by atoms with van der Waals surface area (Å²) in [4.78, 5) is 13.1. The number of benzene rings is 4. The lowest BCUT2D eigenvalue weighted by Crippen LogP contribution is -2.40. The summed E-state index contributed by atoms with van der Waals surface area (Å²) in [5.41, 5.74) is 8.05.